The molecule has 0 aliphatic heterocycles. The zero-order valence-corrected chi connectivity index (χ0v) is 24.0. The Bertz CT molecular complexity index is 1870. The molecule has 40 heavy (non-hydrogen) atoms. The van der Waals surface area contributed by atoms with Gasteiger partial charge in [0.2, 0.25) is 0 Å². The van der Waals surface area contributed by atoms with E-state index in [1.165, 1.54) is 21.9 Å². The lowest BCUT2D eigenvalue weighted by atomic mass is 9.80. The maximum Gasteiger partial charge on any atom is 0.488 e. The molecule has 0 amide bonds. The topological polar surface area (TPSA) is 58.3 Å². The van der Waals surface area contributed by atoms with Crippen LogP contribution in [0.25, 0.3) is 49.7 Å². The first-order chi connectivity index (χ1) is 18.9. The van der Waals surface area contributed by atoms with E-state index in [0.717, 1.165) is 38.9 Å². The molecule has 1 aromatic heterocycles. The minimum Gasteiger partial charge on any atom is -0.423 e. The molecule has 5 aromatic carbocycles. The molecule has 6 aromatic rings. The van der Waals surface area contributed by atoms with Crippen molar-refractivity contribution in [2.24, 2.45) is 0 Å². The molecule has 0 fully saturated rings. The molecule has 0 bridgehead atoms. The second-order valence-corrected chi connectivity index (χ2v) is 12.8. The highest BCUT2D eigenvalue weighted by atomic mass is 16.4. The largest absolute Gasteiger partial charge is 0.488 e. The Kier molecular flexibility index (Phi) is 6.13. The molecule has 6 rings (SSSR count). The average Bonchev–Trinajstić information content (AvgIpc) is 3.33. The fraction of sp³-hybridized carbons (Fsp3) is 0.229. The number of fused-ring (bicyclic) bond motifs is 6. The van der Waals surface area contributed by atoms with Gasteiger partial charge in [-0.2, -0.15) is 0 Å². The lowest BCUT2D eigenvalue weighted by Crippen LogP contribution is -2.29. The Morgan fingerprint density at radius 2 is 1.18 bits per heavy atom. The van der Waals surface area contributed by atoms with Gasteiger partial charge in [0.05, 0.1) is 11.0 Å². The Morgan fingerprint density at radius 1 is 0.625 bits per heavy atom. The van der Waals surface area contributed by atoms with Gasteiger partial charge in [0.1, 0.15) is 5.82 Å². The maximum atomic E-state index is 9.66. The van der Waals surface area contributed by atoms with Crippen molar-refractivity contribution in [3.63, 3.8) is 0 Å². The molecule has 2 N–H and O–H groups in total. The maximum absolute atomic E-state index is 9.66. The van der Waals surface area contributed by atoms with Crippen molar-refractivity contribution >= 4 is 45.2 Å². The van der Waals surface area contributed by atoms with Crippen molar-refractivity contribution in [1.82, 2.24) is 9.55 Å². The number of hydrogen-bond donors (Lipinski definition) is 2. The molecule has 0 spiro atoms. The van der Waals surface area contributed by atoms with Crippen molar-refractivity contribution < 1.29 is 10.0 Å². The van der Waals surface area contributed by atoms with Crippen molar-refractivity contribution in [2.75, 3.05) is 0 Å². The zero-order chi connectivity index (χ0) is 28.4. The van der Waals surface area contributed by atoms with Gasteiger partial charge in [-0.25, -0.2) is 4.98 Å². The van der Waals surface area contributed by atoms with Crippen LogP contribution in [-0.4, -0.2) is 26.7 Å². The predicted molar refractivity (Wildman–Crippen MR) is 169 cm³/mol. The standard InChI is InChI=1S/C35H35BN2O2/c1-34(2,3)23-14-18-27-29(20-23)30-21-24(35(4,5)6)15-19-28(30)32-31(27)37-33(38(32)26-10-8-7-9-11-26)22-12-16-25(17-13-22)36(39)40/h7-21,39-40H,1-6H3. The van der Waals surface area contributed by atoms with Crippen LogP contribution >= 0.6 is 0 Å². The number of nitrogens with zero attached hydrogens (tertiary/aromatic N) is 2. The molecule has 0 atom stereocenters. The van der Waals surface area contributed by atoms with E-state index in [9.17, 15) is 10.0 Å². The van der Waals surface area contributed by atoms with E-state index in [2.05, 4.69) is 94.6 Å². The highest BCUT2D eigenvalue weighted by Gasteiger charge is 2.24. The summed E-state index contributed by atoms with van der Waals surface area (Å²) in [6, 6.07) is 31.4. The van der Waals surface area contributed by atoms with Crippen LogP contribution in [0.15, 0.2) is 91.0 Å². The van der Waals surface area contributed by atoms with Crippen LogP contribution in [0.3, 0.4) is 0 Å². The molecule has 0 aliphatic carbocycles. The normalized spacial score (nSPS) is 12.5. The van der Waals surface area contributed by atoms with Gasteiger partial charge in [0.15, 0.2) is 0 Å². The summed E-state index contributed by atoms with van der Waals surface area (Å²) in [7, 11) is -1.51. The first-order valence-corrected chi connectivity index (χ1v) is 13.9. The van der Waals surface area contributed by atoms with Gasteiger partial charge in [-0.3, -0.25) is 4.57 Å². The Balaban J connectivity index is 1.80. The summed E-state index contributed by atoms with van der Waals surface area (Å²) in [6.07, 6.45) is 0. The van der Waals surface area contributed by atoms with Crippen LogP contribution in [0, 0.1) is 0 Å². The second-order valence-electron chi connectivity index (χ2n) is 12.8. The van der Waals surface area contributed by atoms with E-state index < -0.39 is 7.12 Å². The molecule has 0 aliphatic rings. The van der Waals surface area contributed by atoms with E-state index >= 15 is 0 Å². The fourth-order valence-electron chi connectivity index (χ4n) is 5.56. The van der Waals surface area contributed by atoms with Crippen LogP contribution in [0.1, 0.15) is 52.7 Å². The SMILES string of the molecule is CC(C)(C)c1ccc2c(c1)c1cc(C(C)(C)C)ccc1c1c2nc(-c2ccc(B(O)O)cc2)n1-c1ccccc1. The van der Waals surface area contributed by atoms with E-state index in [0.29, 0.717) is 5.46 Å². The summed E-state index contributed by atoms with van der Waals surface area (Å²) < 4.78 is 2.25. The predicted octanol–water partition coefficient (Wildman–Crippen LogP) is 7.27. The Morgan fingerprint density at radius 3 is 1.73 bits per heavy atom. The third-order valence-corrected chi connectivity index (χ3v) is 7.93. The van der Waals surface area contributed by atoms with E-state index in [1.54, 1.807) is 12.1 Å². The van der Waals surface area contributed by atoms with Crippen molar-refractivity contribution in [3.8, 4) is 17.1 Å². The van der Waals surface area contributed by atoms with E-state index in [1.807, 2.05) is 30.3 Å². The monoisotopic (exact) mass is 526 g/mol. The van der Waals surface area contributed by atoms with Crippen LogP contribution in [0.5, 0.6) is 0 Å². The van der Waals surface area contributed by atoms with Crippen molar-refractivity contribution in [1.29, 1.82) is 0 Å². The van der Waals surface area contributed by atoms with E-state index in [-0.39, 0.29) is 10.8 Å². The van der Waals surface area contributed by atoms with Gasteiger partial charge in [0.25, 0.3) is 0 Å². The molecule has 4 nitrogen and oxygen atoms in total. The van der Waals surface area contributed by atoms with Gasteiger partial charge in [-0.15, -0.1) is 0 Å². The summed E-state index contributed by atoms with van der Waals surface area (Å²) in [4.78, 5) is 5.31. The van der Waals surface area contributed by atoms with Crippen molar-refractivity contribution in [2.45, 2.75) is 52.4 Å². The minimum atomic E-state index is -1.51. The molecular formula is C35H35BN2O2. The van der Waals surface area contributed by atoms with Crippen LogP contribution in [0.4, 0.5) is 0 Å². The van der Waals surface area contributed by atoms with Crippen LogP contribution in [0.2, 0.25) is 0 Å². The van der Waals surface area contributed by atoms with Gasteiger partial charge in [-0.1, -0.05) is 108 Å². The summed E-state index contributed by atoms with van der Waals surface area (Å²) in [5, 5.41) is 24.0. The number of rotatable bonds is 3. The first-order valence-electron chi connectivity index (χ1n) is 13.9. The molecule has 0 radical (unpaired) electrons. The molecule has 200 valence electrons. The number of aromatic nitrogens is 2. The molecule has 1 heterocycles. The summed E-state index contributed by atoms with van der Waals surface area (Å²) in [5.41, 5.74) is 7.03. The first kappa shape index (κ1) is 26.3. The Hall–Kier alpha value is -3.93. The number of imidazole rings is 1. The van der Waals surface area contributed by atoms with Gasteiger partial charge in [-0.05, 0) is 62.5 Å². The fourth-order valence-corrected chi connectivity index (χ4v) is 5.56. The highest BCUT2D eigenvalue weighted by molar-refractivity contribution is 6.58. The summed E-state index contributed by atoms with van der Waals surface area (Å²) >= 11 is 0. The molecule has 0 unspecified atom stereocenters. The third-order valence-electron chi connectivity index (χ3n) is 7.93. The number of hydrogen-bond acceptors (Lipinski definition) is 3. The highest BCUT2D eigenvalue weighted by Crippen LogP contribution is 2.41. The lowest BCUT2D eigenvalue weighted by Gasteiger charge is -2.22. The van der Waals surface area contributed by atoms with Gasteiger partial charge >= 0.3 is 7.12 Å². The number of benzene rings is 5. The molecule has 0 saturated carbocycles. The summed E-state index contributed by atoms with van der Waals surface area (Å²) in [6.45, 7) is 13.5. The third kappa shape index (κ3) is 4.40. The Labute approximate surface area is 236 Å². The average molecular weight is 526 g/mol. The molecular weight excluding hydrogens is 491 g/mol. The second kappa shape index (κ2) is 9.33. The quantitative estimate of drug-likeness (QED) is 0.188. The van der Waals surface area contributed by atoms with Gasteiger partial charge < -0.3 is 10.0 Å². The van der Waals surface area contributed by atoms with Crippen LogP contribution in [-0.2, 0) is 10.8 Å². The molecule has 5 heteroatoms. The zero-order valence-electron chi connectivity index (χ0n) is 24.0. The van der Waals surface area contributed by atoms with E-state index in [4.69, 9.17) is 4.98 Å². The van der Waals surface area contributed by atoms with Crippen molar-refractivity contribution in [3.05, 3.63) is 102 Å². The van der Waals surface area contributed by atoms with Crippen LogP contribution < -0.4 is 5.46 Å². The number of para-hydroxylation sites is 1. The minimum absolute atomic E-state index is 0.0148. The molecule has 0 saturated heterocycles. The smallest absolute Gasteiger partial charge is 0.423 e. The summed E-state index contributed by atoms with van der Waals surface area (Å²) in [5.74, 6) is 0.814. The lowest BCUT2D eigenvalue weighted by molar-refractivity contribution is 0.426. The van der Waals surface area contributed by atoms with Gasteiger partial charge in [0, 0.05) is 22.0 Å².